The van der Waals surface area contributed by atoms with Crippen molar-refractivity contribution in [1.29, 1.82) is 0 Å². The number of benzene rings is 1. The molecular weight excluding hydrogens is 286 g/mol. The second kappa shape index (κ2) is 7.55. The first-order chi connectivity index (χ1) is 11.2. The predicted octanol–water partition coefficient (Wildman–Crippen LogP) is 2.63. The third-order valence-corrected chi connectivity index (χ3v) is 4.68. The maximum Gasteiger partial charge on any atom is 0.234 e. The highest BCUT2D eigenvalue weighted by Crippen LogP contribution is 2.16. The summed E-state index contributed by atoms with van der Waals surface area (Å²) < 4.78 is 0. The SMILES string of the molecule is CC1CCN(CC(=O)NCCc2cccc3cccnc23)CC1. The Morgan fingerprint density at radius 1 is 1.26 bits per heavy atom. The Morgan fingerprint density at radius 2 is 2.04 bits per heavy atom. The van der Waals surface area contributed by atoms with Crippen molar-refractivity contribution in [3.8, 4) is 0 Å². The number of hydrogen-bond donors (Lipinski definition) is 1. The molecule has 122 valence electrons. The summed E-state index contributed by atoms with van der Waals surface area (Å²) in [5, 5.41) is 4.20. The molecule has 1 amide bonds. The normalized spacial score (nSPS) is 16.6. The van der Waals surface area contributed by atoms with Crippen LogP contribution in [0, 0.1) is 5.92 Å². The second-order valence-corrected chi connectivity index (χ2v) is 6.55. The first-order valence-corrected chi connectivity index (χ1v) is 8.54. The van der Waals surface area contributed by atoms with Crippen molar-refractivity contribution in [2.75, 3.05) is 26.2 Å². The standard InChI is InChI=1S/C19H25N3O/c1-15-8-12-22(13-9-15)14-18(23)20-11-7-17-5-2-4-16-6-3-10-21-19(16)17/h2-6,10,15H,7-9,11-14H2,1H3,(H,20,23). The lowest BCUT2D eigenvalue weighted by Crippen LogP contribution is -2.41. The van der Waals surface area contributed by atoms with Crippen molar-refractivity contribution >= 4 is 16.8 Å². The van der Waals surface area contributed by atoms with Crippen LogP contribution in [0.4, 0.5) is 0 Å². The number of carbonyl (C=O) groups excluding carboxylic acids is 1. The Kier molecular flexibility index (Phi) is 5.23. The number of pyridine rings is 1. The van der Waals surface area contributed by atoms with Crippen LogP contribution in [0.15, 0.2) is 36.5 Å². The molecule has 4 heteroatoms. The van der Waals surface area contributed by atoms with Gasteiger partial charge < -0.3 is 5.32 Å². The van der Waals surface area contributed by atoms with Gasteiger partial charge in [0.25, 0.3) is 0 Å². The van der Waals surface area contributed by atoms with Crippen LogP contribution in [0.2, 0.25) is 0 Å². The molecule has 0 saturated carbocycles. The number of carbonyl (C=O) groups is 1. The van der Waals surface area contributed by atoms with Gasteiger partial charge in [-0.3, -0.25) is 14.7 Å². The van der Waals surface area contributed by atoms with Crippen LogP contribution in [0.5, 0.6) is 0 Å². The van der Waals surface area contributed by atoms with Crippen molar-refractivity contribution in [2.24, 2.45) is 5.92 Å². The number of nitrogens with one attached hydrogen (secondary N) is 1. The average molecular weight is 311 g/mol. The minimum absolute atomic E-state index is 0.132. The van der Waals surface area contributed by atoms with E-state index >= 15 is 0 Å². The Hall–Kier alpha value is -1.94. The topological polar surface area (TPSA) is 45.2 Å². The van der Waals surface area contributed by atoms with Gasteiger partial charge in [0.1, 0.15) is 0 Å². The van der Waals surface area contributed by atoms with Crippen molar-refractivity contribution in [3.05, 3.63) is 42.1 Å². The number of para-hydroxylation sites is 1. The van der Waals surface area contributed by atoms with Gasteiger partial charge in [0, 0.05) is 18.1 Å². The summed E-state index contributed by atoms with van der Waals surface area (Å²) in [7, 11) is 0. The van der Waals surface area contributed by atoms with Gasteiger partial charge in [0.05, 0.1) is 12.1 Å². The van der Waals surface area contributed by atoms with Crippen LogP contribution in [-0.4, -0.2) is 42.0 Å². The maximum atomic E-state index is 12.1. The van der Waals surface area contributed by atoms with Gasteiger partial charge in [-0.05, 0) is 49.9 Å². The lowest BCUT2D eigenvalue weighted by Gasteiger charge is -2.29. The number of likely N-dealkylation sites (tertiary alicyclic amines) is 1. The van der Waals surface area contributed by atoms with Crippen LogP contribution in [-0.2, 0) is 11.2 Å². The van der Waals surface area contributed by atoms with Crippen molar-refractivity contribution in [1.82, 2.24) is 15.2 Å². The Labute approximate surface area is 137 Å². The lowest BCUT2D eigenvalue weighted by molar-refractivity contribution is -0.122. The number of piperidine rings is 1. The fourth-order valence-electron chi connectivity index (χ4n) is 3.18. The highest BCUT2D eigenvalue weighted by atomic mass is 16.2. The Bertz CT molecular complexity index is 657. The molecule has 0 bridgehead atoms. The largest absolute Gasteiger partial charge is 0.355 e. The molecule has 0 aliphatic carbocycles. The Balaban J connectivity index is 1.48. The highest BCUT2D eigenvalue weighted by Gasteiger charge is 2.17. The highest BCUT2D eigenvalue weighted by molar-refractivity contribution is 5.81. The van der Waals surface area contributed by atoms with Gasteiger partial charge in [-0.15, -0.1) is 0 Å². The third-order valence-electron chi connectivity index (χ3n) is 4.68. The third kappa shape index (κ3) is 4.29. The summed E-state index contributed by atoms with van der Waals surface area (Å²) in [4.78, 5) is 18.8. The molecule has 23 heavy (non-hydrogen) atoms. The molecule has 1 aromatic heterocycles. The number of rotatable bonds is 5. The molecule has 2 aromatic rings. The second-order valence-electron chi connectivity index (χ2n) is 6.55. The minimum atomic E-state index is 0.132. The molecule has 1 N–H and O–H groups in total. The molecule has 0 spiro atoms. The fourth-order valence-corrected chi connectivity index (χ4v) is 3.18. The van der Waals surface area contributed by atoms with E-state index in [4.69, 9.17) is 0 Å². The maximum absolute atomic E-state index is 12.1. The zero-order chi connectivity index (χ0) is 16.1. The summed E-state index contributed by atoms with van der Waals surface area (Å²) in [5.41, 5.74) is 2.23. The van der Waals surface area contributed by atoms with Gasteiger partial charge in [0.2, 0.25) is 5.91 Å². The molecule has 1 aromatic carbocycles. The first kappa shape index (κ1) is 15.9. The predicted molar refractivity (Wildman–Crippen MR) is 93.3 cm³/mol. The monoisotopic (exact) mass is 311 g/mol. The van der Waals surface area contributed by atoms with E-state index in [0.29, 0.717) is 13.1 Å². The van der Waals surface area contributed by atoms with Crippen molar-refractivity contribution in [2.45, 2.75) is 26.2 Å². The number of hydrogen-bond acceptors (Lipinski definition) is 3. The zero-order valence-corrected chi connectivity index (χ0v) is 13.8. The number of nitrogens with zero attached hydrogens (tertiary/aromatic N) is 2. The minimum Gasteiger partial charge on any atom is -0.355 e. The number of fused-ring (bicyclic) bond motifs is 1. The van der Waals surface area contributed by atoms with Gasteiger partial charge in [-0.2, -0.15) is 0 Å². The van der Waals surface area contributed by atoms with Crippen LogP contribution in [0.25, 0.3) is 10.9 Å². The number of aromatic nitrogens is 1. The van der Waals surface area contributed by atoms with E-state index in [9.17, 15) is 4.79 Å². The van der Waals surface area contributed by atoms with Gasteiger partial charge in [-0.25, -0.2) is 0 Å². The molecular formula is C19H25N3O. The fraction of sp³-hybridized carbons (Fsp3) is 0.474. The zero-order valence-electron chi connectivity index (χ0n) is 13.8. The summed E-state index contributed by atoms with van der Waals surface area (Å²) in [5.74, 6) is 0.931. The van der Waals surface area contributed by atoms with Crippen molar-refractivity contribution in [3.63, 3.8) is 0 Å². The van der Waals surface area contributed by atoms with Gasteiger partial charge in [-0.1, -0.05) is 31.2 Å². The first-order valence-electron chi connectivity index (χ1n) is 8.54. The molecule has 1 aliphatic rings. The van der Waals surface area contributed by atoms with Gasteiger partial charge in [0.15, 0.2) is 0 Å². The molecule has 0 unspecified atom stereocenters. The average Bonchev–Trinajstić information content (AvgIpc) is 2.57. The molecule has 2 heterocycles. The van der Waals surface area contributed by atoms with E-state index in [2.05, 4.69) is 46.4 Å². The van der Waals surface area contributed by atoms with Crippen LogP contribution in [0.1, 0.15) is 25.3 Å². The van der Waals surface area contributed by atoms with E-state index in [1.807, 2.05) is 12.3 Å². The Morgan fingerprint density at radius 3 is 2.87 bits per heavy atom. The molecule has 0 atom stereocenters. The lowest BCUT2D eigenvalue weighted by atomic mass is 9.99. The smallest absolute Gasteiger partial charge is 0.234 e. The molecule has 1 aliphatic heterocycles. The van der Waals surface area contributed by atoms with Crippen LogP contribution >= 0.6 is 0 Å². The molecule has 1 fully saturated rings. The van der Waals surface area contributed by atoms with E-state index in [1.54, 1.807) is 0 Å². The van der Waals surface area contributed by atoms with E-state index in [1.165, 1.54) is 18.4 Å². The summed E-state index contributed by atoms with van der Waals surface area (Å²) in [6.45, 7) is 5.57. The summed E-state index contributed by atoms with van der Waals surface area (Å²) in [6.07, 6.45) is 5.04. The van der Waals surface area contributed by atoms with E-state index in [0.717, 1.165) is 36.3 Å². The quantitative estimate of drug-likeness (QED) is 0.923. The van der Waals surface area contributed by atoms with E-state index in [-0.39, 0.29) is 5.91 Å². The van der Waals surface area contributed by atoms with Crippen molar-refractivity contribution < 1.29 is 4.79 Å². The van der Waals surface area contributed by atoms with Crippen LogP contribution in [0.3, 0.4) is 0 Å². The van der Waals surface area contributed by atoms with Gasteiger partial charge >= 0.3 is 0 Å². The molecule has 3 rings (SSSR count). The van der Waals surface area contributed by atoms with Crippen LogP contribution < -0.4 is 5.32 Å². The molecule has 1 saturated heterocycles. The number of amides is 1. The summed E-state index contributed by atoms with van der Waals surface area (Å²) >= 11 is 0. The molecule has 4 nitrogen and oxygen atoms in total. The summed E-state index contributed by atoms with van der Waals surface area (Å²) in [6, 6.07) is 10.2. The molecule has 0 radical (unpaired) electrons. The van der Waals surface area contributed by atoms with E-state index < -0.39 is 0 Å².